The van der Waals surface area contributed by atoms with Crippen LogP contribution in [0.15, 0.2) is 23.1 Å². The summed E-state index contributed by atoms with van der Waals surface area (Å²) >= 11 is 0. The van der Waals surface area contributed by atoms with E-state index in [1.54, 1.807) is 12.1 Å². The first kappa shape index (κ1) is 13.9. The highest BCUT2D eigenvalue weighted by atomic mass is 32.2. The van der Waals surface area contributed by atoms with Crippen LogP contribution >= 0.6 is 0 Å². The molecule has 6 nitrogen and oxygen atoms in total. The molecule has 0 aliphatic rings. The number of anilines is 1. The van der Waals surface area contributed by atoms with Gasteiger partial charge in [-0.15, -0.1) is 0 Å². The van der Waals surface area contributed by atoms with Gasteiger partial charge in [-0.25, -0.2) is 12.8 Å². The van der Waals surface area contributed by atoms with Gasteiger partial charge in [0.05, 0.1) is 17.8 Å². The Morgan fingerprint density at radius 1 is 1.28 bits per heavy atom. The summed E-state index contributed by atoms with van der Waals surface area (Å²) < 4.78 is 37.8. The number of nitrogen functional groups attached to an aromatic ring is 1. The highest BCUT2D eigenvalue weighted by Crippen LogP contribution is 2.22. The first-order valence-corrected chi connectivity index (χ1v) is 6.16. The van der Waals surface area contributed by atoms with Crippen molar-refractivity contribution in [3.63, 3.8) is 0 Å². The molecule has 0 spiro atoms. The largest absolute Gasteiger partial charge is 0.398 e. The van der Waals surface area contributed by atoms with E-state index in [0.29, 0.717) is 4.31 Å². The van der Waals surface area contributed by atoms with Gasteiger partial charge in [0.2, 0.25) is 10.0 Å². The van der Waals surface area contributed by atoms with Crippen LogP contribution in [-0.2, 0) is 10.0 Å². The Bertz CT molecular complexity index is 614. The fourth-order valence-electron chi connectivity index (χ4n) is 1.25. The Morgan fingerprint density at radius 2 is 1.83 bits per heavy atom. The van der Waals surface area contributed by atoms with E-state index in [4.69, 9.17) is 16.3 Å². The third-order valence-electron chi connectivity index (χ3n) is 2.09. The monoisotopic (exact) mass is 268 g/mol. The Hall–Kier alpha value is -2.16. The average molecular weight is 268 g/mol. The standard InChI is InChI=1S/C10H9FN4O2S/c11-8-1-2-9(14)10(7-8)18(16,17)15(5-3-12)6-4-13/h1-2,7H,5-6,14H2. The van der Waals surface area contributed by atoms with Crippen LogP contribution in [0.25, 0.3) is 0 Å². The van der Waals surface area contributed by atoms with Crippen LogP contribution in [0.4, 0.5) is 10.1 Å². The number of halogens is 1. The predicted molar refractivity (Wildman–Crippen MR) is 60.8 cm³/mol. The molecule has 1 rings (SSSR count). The summed E-state index contributed by atoms with van der Waals surface area (Å²) in [6.45, 7) is -1.02. The number of nitrogens with zero attached hydrogens (tertiary/aromatic N) is 3. The van der Waals surface area contributed by atoms with E-state index in [0.717, 1.165) is 18.2 Å². The van der Waals surface area contributed by atoms with Crippen molar-refractivity contribution in [2.75, 3.05) is 18.8 Å². The number of sulfonamides is 1. The second-order valence-corrected chi connectivity index (χ2v) is 5.18. The highest BCUT2D eigenvalue weighted by molar-refractivity contribution is 7.89. The Morgan fingerprint density at radius 3 is 2.33 bits per heavy atom. The van der Waals surface area contributed by atoms with Crippen LogP contribution < -0.4 is 5.73 Å². The lowest BCUT2D eigenvalue weighted by atomic mass is 10.3. The maximum atomic E-state index is 13.0. The third-order valence-corrected chi connectivity index (χ3v) is 3.93. The molecule has 0 aromatic heterocycles. The molecule has 0 atom stereocenters. The molecule has 0 unspecified atom stereocenters. The van der Waals surface area contributed by atoms with Gasteiger partial charge in [-0.05, 0) is 18.2 Å². The Labute approximate surface area is 104 Å². The van der Waals surface area contributed by atoms with Gasteiger partial charge >= 0.3 is 0 Å². The minimum Gasteiger partial charge on any atom is -0.398 e. The Kier molecular flexibility index (Phi) is 4.21. The van der Waals surface area contributed by atoms with Crippen LogP contribution in [0, 0.1) is 28.5 Å². The highest BCUT2D eigenvalue weighted by Gasteiger charge is 2.26. The zero-order valence-corrected chi connectivity index (χ0v) is 9.98. The lowest BCUT2D eigenvalue weighted by Gasteiger charge is -2.17. The van der Waals surface area contributed by atoms with Crippen molar-refractivity contribution < 1.29 is 12.8 Å². The zero-order valence-electron chi connectivity index (χ0n) is 9.17. The number of rotatable bonds is 4. The molecule has 0 aliphatic heterocycles. The van der Waals surface area contributed by atoms with Crippen molar-refractivity contribution in [2.45, 2.75) is 4.90 Å². The molecule has 0 saturated heterocycles. The van der Waals surface area contributed by atoms with E-state index in [1.807, 2.05) is 0 Å². The number of nitrogens with two attached hydrogens (primary N) is 1. The Balaban J connectivity index is 3.32. The molecule has 1 aromatic carbocycles. The SMILES string of the molecule is N#CCN(CC#N)S(=O)(=O)c1cc(F)ccc1N. The van der Waals surface area contributed by atoms with E-state index >= 15 is 0 Å². The first-order chi connectivity index (χ1) is 8.43. The molecule has 0 saturated carbocycles. The molecule has 1 aromatic rings. The second-order valence-electron chi connectivity index (χ2n) is 3.27. The normalized spacial score (nSPS) is 10.9. The molecule has 2 N–H and O–H groups in total. The first-order valence-electron chi connectivity index (χ1n) is 4.72. The molecule has 0 heterocycles. The van der Waals surface area contributed by atoms with Crippen molar-refractivity contribution >= 4 is 15.7 Å². The van der Waals surface area contributed by atoms with E-state index < -0.39 is 33.8 Å². The number of hydrogen-bond donors (Lipinski definition) is 1. The van der Waals surface area contributed by atoms with Crippen molar-refractivity contribution in [1.29, 1.82) is 10.5 Å². The van der Waals surface area contributed by atoms with Gasteiger partial charge < -0.3 is 5.73 Å². The van der Waals surface area contributed by atoms with Crippen molar-refractivity contribution in [1.82, 2.24) is 4.31 Å². The smallest absolute Gasteiger partial charge is 0.247 e. The van der Waals surface area contributed by atoms with Gasteiger partial charge in [-0.3, -0.25) is 0 Å². The molecule has 18 heavy (non-hydrogen) atoms. The van der Waals surface area contributed by atoms with Crippen LogP contribution in [0.1, 0.15) is 0 Å². The van der Waals surface area contributed by atoms with Crippen molar-refractivity contribution in [3.05, 3.63) is 24.0 Å². The average Bonchev–Trinajstić information content (AvgIpc) is 2.32. The van der Waals surface area contributed by atoms with Gasteiger partial charge in [0, 0.05) is 0 Å². The molecular weight excluding hydrogens is 259 g/mol. The van der Waals surface area contributed by atoms with Crippen molar-refractivity contribution in [2.24, 2.45) is 0 Å². The number of benzene rings is 1. The van der Waals surface area contributed by atoms with Crippen LogP contribution in [0.3, 0.4) is 0 Å². The zero-order chi connectivity index (χ0) is 13.8. The van der Waals surface area contributed by atoms with Gasteiger partial charge in [0.25, 0.3) is 0 Å². The van der Waals surface area contributed by atoms with E-state index in [-0.39, 0.29) is 5.69 Å². The maximum Gasteiger partial charge on any atom is 0.247 e. The molecule has 0 radical (unpaired) electrons. The van der Waals surface area contributed by atoms with E-state index in [9.17, 15) is 12.8 Å². The number of hydrogen-bond acceptors (Lipinski definition) is 5. The minimum atomic E-state index is -4.16. The summed E-state index contributed by atoms with van der Waals surface area (Å²) in [5.41, 5.74) is 5.33. The lowest BCUT2D eigenvalue weighted by Crippen LogP contribution is -2.32. The summed E-state index contributed by atoms with van der Waals surface area (Å²) in [4.78, 5) is -0.451. The second kappa shape index (κ2) is 5.45. The minimum absolute atomic E-state index is 0.141. The fourth-order valence-corrected chi connectivity index (χ4v) is 2.62. The van der Waals surface area contributed by atoms with Crippen LogP contribution in [-0.4, -0.2) is 25.8 Å². The molecule has 0 fully saturated rings. The lowest BCUT2D eigenvalue weighted by molar-refractivity contribution is 0.479. The van der Waals surface area contributed by atoms with E-state index in [2.05, 4.69) is 0 Å². The molecule has 0 bridgehead atoms. The molecule has 94 valence electrons. The third kappa shape index (κ3) is 2.74. The summed E-state index contributed by atoms with van der Waals surface area (Å²) in [6.07, 6.45) is 0. The van der Waals surface area contributed by atoms with E-state index in [1.165, 1.54) is 0 Å². The summed E-state index contributed by atoms with van der Waals surface area (Å²) in [5.74, 6) is -0.767. The molecule has 8 heteroatoms. The number of nitriles is 2. The van der Waals surface area contributed by atoms with Gasteiger partial charge in [-0.1, -0.05) is 0 Å². The predicted octanol–water partition coefficient (Wildman–Crippen LogP) is 0.446. The quantitative estimate of drug-likeness (QED) is 0.629. The van der Waals surface area contributed by atoms with Crippen LogP contribution in [0.2, 0.25) is 0 Å². The van der Waals surface area contributed by atoms with Crippen LogP contribution in [0.5, 0.6) is 0 Å². The molecular formula is C10H9FN4O2S. The molecule has 0 amide bonds. The topological polar surface area (TPSA) is 111 Å². The maximum absolute atomic E-state index is 13.0. The van der Waals surface area contributed by atoms with Gasteiger partial charge in [-0.2, -0.15) is 14.8 Å². The summed E-state index contributed by atoms with van der Waals surface area (Å²) in [7, 11) is -4.16. The fraction of sp³-hybridized carbons (Fsp3) is 0.200. The van der Waals surface area contributed by atoms with Gasteiger partial charge in [0.15, 0.2) is 0 Å². The molecule has 0 aliphatic carbocycles. The summed E-state index contributed by atoms with van der Waals surface area (Å²) in [6, 6.07) is 6.14. The van der Waals surface area contributed by atoms with Gasteiger partial charge in [0.1, 0.15) is 23.8 Å². The summed E-state index contributed by atoms with van der Waals surface area (Å²) in [5, 5.41) is 17.1. The van der Waals surface area contributed by atoms with Crippen molar-refractivity contribution in [3.8, 4) is 12.1 Å².